The maximum atomic E-state index is 10.8. The summed E-state index contributed by atoms with van der Waals surface area (Å²) in [5.74, 6) is 0.532. The molecule has 0 saturated heterocycles. The fourth-order valence-corrected chi connectivity index (χ4v) is 1.73. The molecular formula is C6H12ClNO3S. The van der Waals surface area contributed by atoms with Gasteiger partial charge < -0.3 is 0 Å². The van der Waals surface area contributed by atoms with Gasteiger partial charge in [-0.3, -0.25) is 9.52 Å². The molecule has 0 unspecified atom stereocenters. The van der Waals surface area contributed by atoms with Gasteiger partial charge in [-0.1, -0.05) is 6.42 Å². The molecule has 0 atom stereocenters. The van der Waals surface area contributed by atoms with Crippen LogP contribution in [-0.4, -0.2) is 26.5 Å². The molecule has 0 heterocycles. The first-order valence-electron chi connectivity index (χ1n) is 3.62. The number of halogens is 1. The molecule has 0 fully saturated rings. The second-order valence-corrected chi connectivity index (χ2v) is 4.56. The average Bonchev–Trinajstić information content (AvgIpc) is 1.98. The number of carbonyl (C=O) groups is 1. The molecule has 0 spiro atoms. The van der Waals surface area contributed by atoms with Crippen LogP contribution >= 0.6 is 11.6 Å². The van der Waals surface area contributed by atoms with Crippen LogP contribution in [-0.2, 0) is 14.8 Å². The fourth-order valence-electron chi connectivity index (χ4n) is 0.696. The molecular weight excluding hydrogens is 202 g/mol. The second kappa shape index (κ2) is 6.25. The van der Waals surface area contributed by atoms with Crippen LogP contribution in [0, 0.1) is 0 Å². The van der Waals surface area contributed by atoms with Crippen LogP contribution in [0.2, 0.25) is 0 Å². The molecule has 0 aromatic carbocycles. The number of unbranched alkanes of at least 4 members (excludes halogenated alkanes) is 2. The normalized spacial score (nSPS) is 11.1. The van der Waals surface area contributed by atoms with Crippen molar-refractivity contribution in [3.8, 4) is 0 Å². The van der Waals surface area contributed by atoms with Gasteiger partial charge in [-0.05, 0) is 12.8 Å². The Morgan fingerprint density at radius 3 is 2.42 bits per heavy atom. The SMILES string of the molecule is O=CNS(=O)(=O)CCCCCCl. The third kappa shape index (κ3) is 6.42. The van der Waals surface area contributed by atoms with E-state index in [1.807, 2.05) is 0 Å². The van der Waals surface area contributed by atoms with Crippen molar-refractivity contribution < 1.29 is 13.2 Å². The summed E-state index contributed by atoms with van der Waals surface area (Å²) in [6.07, 6.45) is 2.29. The molecule has 4 nitrogen and oxygen atoms in total. The molecule has 1 amide bonds. The fraction of sp³-hybridized carbons (Fsp3) is 0.833. The first kappa shape index (κ1) is 11.7. The molecule has 0 saturated carbocycles. The Hall–Kier alpha value is -0.290. The van der Waals surface area contributed by atoms with Crippen molar-refractivity contribution in [2.75, 3.05) is 11.6 Å². The zero-order chi connectivity index (χ0) is 9.45. The first-order valence-corrected chi connectivity index (χ1v) is 5.80. The van der Waals surface area contributed by atoms with Gasteiger partial charge in [0, 0.05) is 5.88 Å². The van der Waals surface area contributed by atoms with Crippen LogP contribution in [0.1, 0.15) is 19.3 Å². The molecule has 0 aliphatic rings. The van der Waals surface area contributed by atoms with Gasteiger partial charge >= 0.3 is 0 Å². The van der Waals surface area contributed by atoms with Crippen molar-refractivity contribution in [1.29, 1.82) is 0 Å². The highest BCUT2D eigenvalue weighted by molar-refractivity contribution is 7.89. The lowest BCUT2D eigenvalue weighted by molar-refractivity contribution is -0.108. The Morgan fingerprint density at radius 2 is 1.92 bits per heavy atom. The Bertz CT molecular complexity index is 215. The maximum absolute atomic E-state index is 10.8. The van der Waals surface area contributed by atoms with Crippen LogP contribution in [0.25, 0.3) is 0 Å². The lowest BCUT2D eigenvalue weighted by Crippen LogP contribution is -2.24. The lowest BCUT2D eigenvalue weighted by atomic mass is 10.3. The Balaban J connectivity index is 3.55. The lowest BCUT2D eigenvalue weighted by Gasteiger charge is -2.00. The van der Waals surface area contributed by atoms with Crippen LogP contribution in [0.4, 0.5) is 0 Å². The monoisotopic (exact) mass is 213 g/mol. The van der Waals surface area contributed by atoms with Crippen LogP contribution in [0.3, 0.4) is 0 Å². The summed E-state index contributed by atoms with van der Waals surface area (Å²) in [7, 11) is -3.37. The molecule has 0 radical (unpaired) electrons. The summed E-state index contributed by atoms with van der Waals surface area (Å²) in [6, 6.07) is 0. The van der Waals surface area contributed by atoms with Gasteiger partial charge in [0.15, 0.2) is 0 Å². The predicted octanol–water partition coefficient (Wildman–Crippen LogP) is 0.471. The number of hydrogen-bond donors (Lipinski definition) is 1. The Labute approximate surface area is 77.3 Å². The van der Waals surface area contributed by atoms with E-state index in [1.165, 1.54) is 0 Å². The zero-order valence-electron chi connectivity index (χ0n) is 6.62. The van der Waals surface area contributed by atoms with E-state index in [2.05, 4.69) is 0 Å². The number of rotatable bonds is 7. The molecule has 6 heteroatoms. The van der Waals surface area contributed by atoms with Crippen molar-refractivity contribution in [2.24, 2.45) is 0 Å². The molecule has 0 aliphatic carbocycles. The molecule has 0 rings (SSSR count). The Morgan fingerprint density at radius 1 is 1.25 bits per heavy atom. The van der Waals surface area contributed by atoms with Crippen LogP contribution in [0.15, 0.2) is 0 Å². The minimum Gasteiger partial charge on any atom is -0.278 e. The highest BCUT2D eigenvalue weighted by atomic mass is 35.5. The predicted molar refractivity (Wildman–Crippen MR) is 47.6 cm³/mol. The van der Waals surface area contributed by atoms with Crippen molar-refractivity contribution >= 4 is 28.0 Å². The topological polar surface area (TPSA) is 63.2 Å². The summed E-state index contributed by atoms with van der Waals surface area (Å²) in [5, 5.41) is 0. The molecule has 0 bridgehead atoms. The summed E-state index contributed by atoms with van der Waals surface area (Å²) < 4.78 is 23.4. The van der Waals surface area contributed by atoms with E-state index in [9.17, 15) is 13.2 Å². The number of nitrogens with one attached hydrogen (secondary N) is 1. The summed E-state index contributed by atoms with van der Waals surface area (Å²) in [4.78, 5) is 9.80. The smallest absolute Gasteiger partial charge is 0.234 e. The number of amides is 1. The minimum absolute atomic E-state index is 0.0113. The van der Waals surface area contributed by atoms with Crippen molar-refractivity contribution in [1.82, 2.24) is 4.72 Å². The highest BCUT2D eigenvalue weighted by Gasteiger charge is 2.06. The van der Waals surface area contributed by atoms with Crippen molar-refractivity contribution in [3.05, 3.63) is 0 Å². The van der Waals surface area contributed by atoms with Gasteiger partial charge in [-0.25, -0.2) is 8.42 Å². The van der Waals surface area contributed by atoms with Gasteiger partial charge in [-0.15, -0.1) is 11.6 Å². The van der Waals surface area contributed by atoms with Gasteiger partial charge in [0.2, 0.25) is 16.4 Å². The standard InChI is InChI=1S/C6H12ClNO3S/c7-4-2-1-3-5-12(10,11)8-6-9/h6H,1-5H2,(H,8,9). The van der Waals surface area contributed by atoms with E-state index in [0.29, 0.717) is 12.3 Å². The summed E-state index contributed by atoms with van der Waals surface area (Å²) >= 11 is 5.39. The highest BCUT2D eigenvalue weighted by Crippen LogP contribution is 1.99. The third-order valence-electron chi connectivity index (χ3n) is 1.27. The van der Waals surface area contributed by atoms with E-state index in [4.69, 9.17) is 11.6 Å². The van der Waals surface area contributed by atoms with Gasteiger partial charge in [0.25, 0.3) is 0 Å². The molecule has 72 valence electrons. The largest absolute Gasteiger partial charge is 0.278 e. The molecule has 0 aromatic rings. The third-order valence-corrected chi connectivity index (χ3v) is 2.82. The maximum Gasteiger partial charge on any atom is 0.234 e. The van der Waals surface area contributed by atoms with Crippen LogP contribution < -0.4 is 4.72 Å². The zero-order valence-corrected chi connectivity index (χ0v) is 8.20. The first-order chi connectivity index (χ1) is 5.62. The number of hydrogen-bond acceptors (Lipinski definition) is 3. The van der Waals surface area contributed by atoms with E-state index in [0.717, 1.165) is 12.8 Å². The van der Waals surface area contributed by atoms with E-state index in [-0.39, 0.29) is 12.2 Å². The number of sulfonamides is 1. The molecule has 12 heavy (non-hydrogen) atoms. The number of alkyl halides is 1. The van der Waals surface area contributed by atoms with Gasteiger partial charge in [0.05, 0.1) is 5.75 Å². The van der Waals surface area contributed by atoms with E-state index in [1.54, 1.807) is 4.72 Å². The molecule has 0 aliphatic heterocycles. The summed E-state index contributed by atoms with van der Waals surface area (Å²) in [5.41, 5.74) is 0. The van der Waals surface area contributed by atoms with Crippen molar-refractivity contribution in [3.63, 3.8) is 0 Å². The second-order valence-electron chi connectivity index (χ2n) is 2.30. The van der Waals surface area contributed by atoms with E-state index < -0.39 is 10.0 Å². The minimum atomic E-state index is -3.37. The molecule has 0 aromatic heterocycles. The number of carbonyl (C=O) groups excluding carboxylic acids is 1. The van der Waals surface area contributed by atoms with Crippen LogP contribution in [0.5, 0.6) is 0 Å². The Kier molecular flexibility index (Phi) is 6.10. The van der Waals surface area contributed by atoms with Crippen molar-refractivity contribution in [2.45, 2.75) is 19.3 Å². The van der Waals surface area contributed by atoms with Gasteiger partial charge in [0.1, 0.15) is 0 Å². The molecule has 1 N–H and O–H groups in total. The van der Waals surface area contributed by atoms with E-state index >= 15 is 0 Å². The quantitative estimate of drug-likeness (QED) is 0.380. The summed E-state index contributed by atoms with van der Waals surface area (Å²) in [6.45, 7) is 0. The van der Waals surface area contributed by atoms with Gasteiger partial charge in [-0.2, -0.15) is 0 Å². The average molecular weight is 214 g/mol.